The maximum atomic E-state index is 11.6. The molecule has 2 aromatic rings. The van der Waals surface area contributed by atoms with Crippen LogP contribution in [0.5, 0.6) is 0 Å². The number of benzene rings is 1. The first-order valence-corrected chi connectivity index (χ1v) is 6.68. The number of carboxylic acid groups (broad SMARTS) is 1. The van der Waals surface area contributed by atoms with Gasteiger partial charge in [-0.3, -0.25) is 9.58 Å². The van der Waals surface area contributed by atoms with E-state index >= 15 is 0 Å². The summed E-state index contributed by atoms with van der Waals surface area (Å²) in [6.45, 7) is 6.06. The zero-order valence-corrected chi connectivity index (χ0v) is 12.4. The van der Waals surface area contributed by atoms with Crippen LogP contribution in [0.15, 0.2) is 36.7 Å². The number of hydrogen-bond acceptors (Lipinski definition) is 3. The maximum Gasteiger partial charge on any atom is 0.412 e. The Morgan fingerprint density at radius 1 is 1.38 bits per heavy atom. The van der Waals surface area contributed by atoms with Gasteiger partial charge in [0.05, 0.1) is 24.1 Å². The number of nitrogens with zero attached hydrogens (tertiary/aromatic N) is 3. The Kier molecular flexibility index (Phi) is 3.88. The number of anilines is 2. The van der Waals surface area contributed by atoms with E-state index in [1.165, 1.54) is 4.90 Å². The summed E-state index contributed by atoms with van der Waals surface area (Å²) < 4.78 is 1.69. The molecule has 0 aliphatic rings. The number of nitrogen functional groups attached to an aromatic ring is 1. The number of amides is 1. The number of nitrogens with two attached hydrogens (primary N) is 1. The van der Waals surface area contributed by atoms with Gasteiger partial charge in [-0.05, 0) is 32.4 Å². The molecule has 0 spiro atoms. The Balaban J connectivity index is 2.42. The molecule has 0 saturated heterocycles. The lowest BCUT2D eigenvalue weighted by atomic mass is 10.0. The van der Waals surface area contributed by atoms with Crippen LogP contribution in [0.25, 0.3) is 0 Å². The van der Waals surface area contributed by atoms with Gasteiger partial charge in [-0.1, -0.05) is 18.2 Å². The van der Waals surface area contributed by atoms with Crippen molar-refractivity contribution in [1.29, 1.82) is 0 Å². The molecule has 0 atom stereocenters. The number of aromatic nitrogens is 2. The summed E-state index contributed by atoms with van der Waals surface area (Å²) in [5, 5.41) is 13.7. The van der Waals surface area contributed by atoms with Crippen LogP contribution < -0.4 is 10.6 Å². The molecule has 3 N–H and O–H groups in total. The summed E-state index contributed by atoms with van der Waals surface area (Å²) in [5.74, 6) is 0. The highest BCUT2D eigenvalue weighted by Crippen LogP contribution is 2.28. The molecule has 21 heavy (non-hydrogen) atoms. The largest absolute Gasteiger partial charge is 0.465 e. The number of carbonyl (C=O) groups is 1. The quantitative estimate of drug-likeness (QED) is 0.909. The van der Waals surface area contributed by atoms with Crippen LogP contribution in [-0.4, -0.2) is 26.5 Å². The van der Waals surface area contributed by atoms with Crippen molar-refractivity contribution in [3.05, 3.63) is 42.2 Å². The average Bonchev–Trinajstić information content (AvgIpc) is 2.75. The van der Waals surface area contributed by atoms with Crippen molar-refractivity contribution in [1.82, 2.24) is 9.78 Å². The molecule has 0 radical (unpaired) electrons. The van der Waals surface area contributed by atoms with E-state index < -0.39 is 11.6 Å². The highest BCUT2D eigenvalue weighted by atomic mass is 16.4. The van der Waals surface area contributed by atoms with Gasteiger partial charge >= 0.3 is 6.09 Å². The predicted molar refractivity (Wildman–Crippen MR) is 82.4 cm³/mol. The van der Waals surface area contributed by atoms with Crippen molar-refractivity contribution >= 4 is 17.5 Å². The molecule has 1 amide bonds. The second-order valence-corrected chi connectivity index (χ2v) is 5.89. The van der Waals surface area contributed by atoms with Gasteiger partial charge < -0.3 is 10.8 Å². The predicted octanol–water partition coefficient (Wildman–Crippen LogP) is 2.80. The van der Waals surface area contributed by atoms with Crippen LogP contribution in [0.1, 0.15) is 26.3 Å². The molecule has 6 heteroatoms. The average molecular weight is 288 g/mol. The summed E-state index contributed by atoms with van der Waals surface area (Å²) in [7, 11) is 0. The summed E-state index contributed by atoms with van der Waals surface area (Å²) in [5.41, 5.74) is 7.24. The van der Waals surface area contributed by atoms with E-state index in [4.69, 9.17) is 5.73 Å². The maximum absolute atomic E-state index is 11.6. The first-order chi connectivity index (χ1) is 9.79. The van der Waals surface area contributed by atoms with Crippen molar-refractivity contribution in [2.75, 3.05) is 10.6 Å². The molecule has 0 bridgehead atoms. The lowest BCUT2D eigenvalue weighted by molar-refractivity contribution is 0.195. The molecule has 1 aromatic heterocycles. The topological polar surface area (TPSA) is 84.4 Å². The zero-order valence-electron chi connectivity index (χ0n) is 12.4. The van der Waals surface area contributed by atoms with Crippen LogP contribution in [0.3, 0.4) is 0 Å². The van der Waals surface area contributed by atoms with E-state index in [1.54, 1.807) is 17.1 Å². The fraction of sp³-hybridized carbons (Fsp3) is 0.333. The third-order valence-electron chi connectivity index (χ3n) is 3.08. The highest BCUT2D eigenvalue weighted by Gasteiger charge is 2.29. The van der Waals surface area contributed by atoms with E-state index in [-0.39, 0.29) is 0 Å². The molecule has 112 valence electrons. The normalized spacial score (nSPS) is 11.4. The fourth-order valence-electron chi connectivity index (χ4n) is 2.25. The molecule has 1 aromatic carbocycles. The van der Waals surface area contributed by atoms with Gasteiger partial charge in [0.15, 0.2) is 0 Å². The van der Waals surface area contributed by atoms with Crippen molar-refractivity contribution in [2.24, 2.45) is 0 Å². The van der Waals surface area contributed by atoms with Gasteiger partial charge in [-0.25, -0.2) is 4.79 Å². The molecular formula is C15H20N4O2. The molecular weight excluding hydrogens is 268 g/mol. The van der Waals surface area contributed by atoms with E-state index in [0.29, 0.717) is 17.9 Å². The highest BCUT2D eigenvalue weighted by molar-refractivity contribution is 5.88. The van der Waals surface area contributed by atoms with Crippen molar-refractivity contribution in [3.63, 3.8) is 0 Å². The minimum absolute atomic E-state index is 0.466. The van der Waals surface area contributed by atoms with Crippen LogP contribution in [-0.2, 0) is 6.54 Å². The zero-order chi connectivity index (χ0) is 15.6. The number of rotatable bonds is 3. The molecule has 0 saturated carbocycles. The third-order valence-corrected chi connectivity index (χ3v) is 3.08. The third kappa shape index (κ3) is 3.34. The molecule has 0 unspecified atom stereocenters. The Bertz CT molecular complexity index is 643. The summed E-state index contributed by atoms with van der Waals surface area (Å²) in [4.78, 5) is 13.0. The summed E-state index contributed by atoms with van der Waals surface area (Å²) in [6, 6.07) is 7.42. The van der Waals surface area contributed by atoms with Crippen molar-refractivity contribution in [2.45, 2.75) is 32.9 Å². The van der Waals surface area contributed by atoms with Crippen molar-refractivity contribution in [3.8, 4) is 0 Å². The van der Waals surface area contributed by atoms with Gasteiger partial charge in [-0.15, -0.1) is 0 Å². The van der Waals surface area contributed by atoms with E-state index in [9.17, 15) is 9.90 Å². The first kappa shape index (κ1) is 14.9. The molecule has 0 aliphatic carbocycles. The van der Waals surface area contributed by atoms with Crippen LogP contribution in [0, 0.1) is 0 Å². The molecule has 6 nitrogen and oxygen atoms in total. The van der Waals surface area contributed by atoms with Crippen LogP contribution >= 0.6 is 0 Å². The van der Waals surface area contributed by atoms with E-state index in [1.807, 2.05) is 45.0 Å². The van der Waals surface area contributed by atoms with E-state index in [2.05, 4.69) is 5.10 Å². The smallest absolute Gasteiger partial charge is 0.412 e. The number of para-hydroxylation sites is 1. The van der Waals surface area contributed by atoms with Gasteiger partial charge in [0.2, 0.25) is 0 Å². The van der Waals surface area contributed by atoms with Crippen LogP contribution in [0.2, 0.25) is 0 Å². The monoisotopic (exact) mass is 288 g/mol. The molecule has 0 fully saturated rings. The molecule has 1 heterocycles. The van der Waals surface area contributed by atoms with Crippen molar-refractivity contribution < 1.29 is 9.90 Å². The minimum Gasteiger partial charge on any atom is -0.465 e. The first-order valence-electron chi connectivity index (χ1n) is 6.68. The van der Waals surface area contributed by atoms with Gasteiger partial charge in [0.1, 0.15) is 0 Å². The molecule has 0 aliphatic heterocycles. The summed E-state index contributed by atoms with van der Waals surface area (Å²) in [6.07, 6.45) is 2.32. The fourth-order valence-corrected chi connectivity index (χ4v) is 2.25. The van der Waals surface area contributed by atoms with E-state index in [0.717, 1.165) is 5.56 Å². The second kappa shape index (κ2) is 5.47. The lowest BCUT2D eigenvalue weighted by Crippen LogP contribution is -2.45. The Labute approximate surface area is 123 Å². The molecule has 2 rings (SSSR count). The Morgan fingerprint density at radius 2 is 2.05 bits per heavy atom. The summed E-state index contributed by atoms with van der Waals surface area (Å²) >= 11 is 0. The Morgan fingerprint density at radius 3 is 2.57 bits per heavy atom. The number of hydrogen-bond donors (Lipinski definition) is 2. The van der Waals surface area contributed by atoms with Crippen LogP contribution in [0.4, 0.5) is 16.2 Å². The SMILES string of the molecule is CC(C)(C)N(C(=O)O)c1ccccc1Cn1cc(N)cn1. The lowest BCUT2D eigenvalue weighted by Gasteiger charge is -2.34. The standard InChI is InChI=1S/C15H20N4O2/c1-15(2,3)19(14(20)21)13-7-5-4-6-11(13)9-18-10-12(16)8-17-18/h4-8,10H,9,16H2,1-3H3,(H,20,21). The van der Waals surface area contributed by atoms with Gasteiger partial charge in [0.25, 0.3) is 0 Å². The second-order valence-electron chi connectivity index (χ2n) is 5.89. The Hall–Kier alpha value is -2.50. The van der Waals surface area contributed by atoms with Gasteiger partial charge in [0, 0.05) is 11.7 Å². The van der Waals surface area contributed by atoms with Gasteiger partial charge in [-0.2, -0.15) is 5.10 Å². The minimum atomic E-state index is -0.977.